The maximum atomic E-state index is 12.0. The quantitative estimate of drug-likeness (QED) is 0.796. The number of rotatable bonds is 5. The molecule has 0 radical (unpaired) electrons. The molecule has 0 aliphatic heterocycles. The van der Waals surface area contributed by atoms with E-state index in [4.69, 9.17) is 0 Å². The van der Waals surface area contributed by atoms with Gasteiger partial charge in [0.05, 0.1) is 0 Å². The molecule has 1 aliphatic rings. The van der Waals surface area contributed by atoms with Crippen molar-refractivity contribution in [1.82, 2.24) is 15.5 Å². The molecule has 24 heavy (non-hydrogen) atoms. The average molecular weight is 353 g/mol. The first-order chi connectivity index (χ1) is 11.3. The molecule has 0 bridgehead atoms. The molecule has 1 aromatic heterocycles. The first-order valence-electron chi connectivity index (χ1n) is 8.78. The Hall–Kier alpha value is -1.50. The van der Waals surface area contributed by atoms with Crippen LogP contribution in [0.25, 0.3) is 0 Å². The molecule has 0 unspecified atom stereocenters. The molecule has 0 atom stereocenters. The lowest BCUT2D eigenvalue weighted by Gasteiger charge is -2.15. The Labute approximate surface area is 147 Å². The number of nitrogens with zero attached hydrogens (tertiary/aromatic N) is 2. The van der Waals surface area contributed by atoms with Gasteiger partial charge < -0.3 is 10.6 Å². The van der Waals surface area contributed by atoms with Crippen molar-refractivity contribution in [3.05, 3.63) is 5.01 Å². The summed E-state index contributed by atoms with van der Waals surface area (Å²) in [6.45, 7) is 6.16. The highest BCUT2D eigenvalue weighted by atomic mass is 32.1. The third-order valence-electron chi connectivity index (χ3n) is 4.11. The van der Waals surface area contributed by atoms with Crippen molar-refractivity contribution in [3.63, 3.8) is 0 Å². The van der Waals surface area contributed by atoms with Gasteiger partial charge in [-0.3, -0.25) is 9.59 Å². The minimum absolute atomic E-state index is 0.0373. The van der Waals surface area contributed by atoms with Crippen molar-refractivity contribution in [2.75, 3.05) is 5.32 Å². The minimum atomic E-state index is -0.192. The first kappa shape index (κ1) is 18.8. The number of carbonyl (C=O) groups excluding carboxylic acids is 2. The van der Waals surface area contributed by atoms with Crippen LogP contribution in [0, 0.1) is 0 Å². The molecule has 6 nitrogen and oxygen atoms in total. The van der Waals surface area contributed by atoms with Gasteiger partial charge in [-0.05, 0) is 12.8 Å². The lowest BCUT2D eigenvalue weighted by atomic mass is 9.98. The number of amides is 2. The minimum Gasteiger partial charge on any atom is -0.353 e. The Balaban J connectivity index is 1.72. The van der Waals surface area contributed by atoms with E-state index in [0.29, 0.717) is 5.13 Å². The second-order valence-corrected chi connectivity index (χ2v) is 8.44. The number of hydrogen-bond acceptors (Lipinski definition) is 5. The number of nitrogens with one attached hydrogen (secondary N) is 2. The van der Waals surface area contributed by atoms with Gasteiger partial charge in [-0.25, -0.2) is 0 Å². The highest BCUT2D eigenvalue weighted by molar-refractivity contribution is 7.15. The van der Waals surface area contributed by atoms with Crippen molar-refractivity contribution in [2.45, 2.75) is 83.6 Å². The van der Waals surface area contributed by atoms with Crippen LogP contribution in [0.5, 0.6) is 0 Å². The number of aromatic nitrogens is 2. The Bertz CT molecular complexity index is 557. The van der Waals surface area contributed by atoms with Gasteiger partial charge in [-0.1, -0.05) is 57.8 Å². The summed E-state index contributed by atoms with van der Waals surface area (Å²) in [6.07, 6.45) is 7.37. The van der Waals surface area contributed by atoms with E-state index in [1.165, 1.54) is 37.0 Å². The summed E-state index contributed by atoms with van der Waals surface area (Å²) in [5, 5.41) is 15.2. The zero-order chi connectivity index (χ0) is 17.6. The first-order valence-corrected chi connectivity index (χ1v) is 9.59. The van der Waals surface area contributed by atoms with Gasteiger partial charge in [0.15, 0.2) is 0 Å². The number of anilines is 1. The zero-order valence-electron chi connectivity index (χ0n) is 14.9. The highest BCUT2D eigenvalue weighted by Gasteiger charge is 2.20. The van der Waals surface area contributed by atoms with Crippen LogP contribution in [-0.4, -0.2) is 28.1 Å². The van der Waals surface area contributed by atoms with Gasteiger partial charge in [0.1, 0.15) is 5.01 Å². The molecule has 2 N–H and O–H groups in total. The molecule has 1 aliphatic carbocycles. The molecule has 2 rings (SSSR count). The van der Waals surface area contributed by atoms with Crippen molar-refractivity contribution < 1.29 is 9.59 Å². The highest BCUT2D eigenvalue weighted by Crippen LogP contribution is 2.27. The molecule has 7 heteroatoms. The molecule has 0 saturated heterocycles. The average Bonchev–Trinajstić information content (AvgIpc) is 2.82. The summed E-state index contributed by atoms with van der Waals surface area (Å²) in [5.74, 6) is -0.229. The van der Waals surface area contributed by atoms with Crippen molar-refractivity contribution in [3.8, 4) is 0 Å². The number of hydrogen-bond donors (Lipinski definition) is 2. The van der Waals surface area contributed by atoms with Gasteiger partial charge in [-0.2, -0.15) is 0 Å². The topological polar surface area (TPSA) is 84.0 Å². The molecule has 0 spiro atoms. The molecule has 1 aromatic rings. The predicted octanol–water partition coefficient (Wildman–Crippen LogP) is 3.39. The van der Waals surface area contributed by atoms with Gasteiger partial charge in [-0.15, -0.1) is 10.2 Å². The van der Waals surface area contributed by atoms with Crippen molar-refractivity contribution in [1.29, 1.82) is 0 Å². The summed E-state index contributed by atoms with van der Waals surface area (Å²) < 4.78 is 0. The lowest BCUT2D eigenvalue weighted by molar-refractivity contribution is -0.124. The van der Waals surface area contributed by atoms with E-state index >= 15 is 0 Å². The summed E-state index contributed by atoms with van der Waals surface area (Å²) in [7, 11) is 0. The van der Waals surface area contributed by atoms with E-state index < -0.39 is 0 Å². The monoisotopic (exact) mass is 352 g/mol. The second-order valence-electron chi connectivity index (χ2n) is 7.47. The van der Waals surface area contributed by atoms with Crippen LogP contribution in [-0.2, 0) is 15.0 Å². The lowest BCUT2D eigenvalue weighted by Crippen LogP contribution is -2.34. The van der Waals surface area contributed by atoms with Gasteiger partial charge >= 0.3 is 0 Å². The van der Waals surface area contributed by atoms with E-state index in [1.54, 1.807) is 0 Å². The van der Waals surface area contributed by atoms with Crippen LogP contribution in [0.15, 0.2) is 0 Å². The molecule has 1 fully saturated rings. The third kappa shape index (κ3) is 6.19. The SMILES string of the molecule is CC(C)(C)c1nnc(NC(=O)CCC(=O)NC2CCCCCC2)s1. The largest absolute Gasteiger partial charge is 0.353 e. The van der Waals surface area contributed by atoms with Gasteiger partial charge in [0, 0.05) is 24.3 Å². The fourth-order valence-electron chi connectivity index (χ4n) is 2.71. The fourth-order valence-corrected chi connectivity index (χ4v) is 3.53. The summed E-state index contributed by atoms with van der Waals surface area (Å²) >= 11 is 1.38. The van der Waals surface area contributed by atoms with E-state index in [1.807, 2.05) is 0 Å². The fraction of sp³-hybridized carbons (Fsp3) is 0.765. The predicted molar refractivity (Wildman–Crippen MR) is 96.1 cm³/mol. The van der Waals surface area contributed by atoms with Crippen molar-refractivity contribution in [2.24, 2.45) is 0 Å². The van der Waals surface area contributed by atoms with E-state index in [2.05, 4.69) is 41.6 Å². The Morgan fingerprint density at radius 3 is 2.25 bits per heavy atom. The third-order valence-corrected chi connectivity index (χ3v) is 5.38. The standard InChI is InChI=1S/C17H28N4O2S/c1-17(2,3)15-20-21-16(24-15)19-14(23)11-10-13(22)18-12-8-6-4-5-7-9-12/h12H,4-11H2,1-3H3,(H,18,22)(H,19,21,23). The van der Waals surface area contributed by atoms with Crippen LogP contribution in [0.4, 0.5) is 5.13 Å². The molecule has 0 aromatic carbocycles. The maximum absolute atomic E-state index is 12.0. The Morgan fingerprint density at radius 2 is 1.67 bits per heavy atom. The summed E-state index contributed by atoms with van der Waals surface area (Å²) in [5.41, 5.74) is -0.0841. The second kappa shape index (κ2) is 8.55. The molecule has 2 amide bonds. The van der Waals surface area contributed by atoms with E-state index in [9.17, 15) is 9.59 Å². The van der Waals surface area contributed by atoms with E-state index in [0.717, 1.165) is 17.8 Å². The molecule has 134 valence electrons. The zero-order valence-corrected chi connectivity index (χ0v) is 15.7. The molecule has 1 heterocycles. The molecular weight excluding hydrogens is 324 g/mol. The summed E-state index contributed by atoms with van der Waals surface area (Å²) in [6, 6.07) is 0.278. The number of carbonyl (C=O) groups is 2. The van der Waals surface area contributed by atoms with Crippen LogP contribution in [0.2, 0.25) is 0 Å². The van der Waals surface area contributed by atoms with E-state index in [-0.39, 0.29) is 36.1 Å². The Kier molecular flexibility index (Phi) is 6.71. The summed E-state index contributed by atoms with van der Waals surface area (Å²) in [4.78, 5) is 24.0. The van der Waals surface area contributed by atoms with Crippen LogP contribution >= 0.6 is 11.3 Å². The van der Waals surface area contributed by atoms with Gasteiger partial charge in [0.2, 0.25) is 16.9 Å². The van der Waals surface area contributed by atoms with Crippen LogP contribution in [0.3, 0.4) is 0 Å². The smallest absolute Gasteiger partial charge is 0.226 e. The molecular formula is C17H28N4O2S. The molecule has 1 saturated carbocycles. The van der Waals surface area contributed by atoms with Crippen LogP contribution < -0.4 is 10.6 Å². The normalized spacial score (nSPS) is 16.5. The van der Waals surface area contributed by atoms with Gasteiger partial charge in [0.25, 0.3) is 0 Å². The van der Waals surface area contributed by atoms with Crippen LogP contribution in [0.1, 0.15) is 77.1 Å². The van der Waals surface area contributed by atoms with Crippen molar-refractivity contribution >= 4 is 28.3 Å². The Morgan fingerprint density at radius 1 is 1.04 bits per heavy atom. The maximum Gasteiger partial charge on any atom is 0.226 e.